The summed E-state index contributed by atoms with van der Waals surface area (Å²) in [4.78, 5) is 41.1. The van der Waals surface area contributed by atoms with E-state index < -0.39 is 23.8 Å². The third kappa shape index (κ3) is 3.83. The molecule has 148 valence electrons. The number of aryl methyl sites for hydroxylation is 3. The van der Waals surface area contributed by atoms with Crippen molar-refractivity contribution in [3.63, 3.8) is 0 Å². The van der Waals surface area contributed by atoms with Crippen molar-refractivity contribution < 1.29 is 14.3 Å². The Kier molecular flexibility index (Phi) is 5.62. The van der Waals surface area contributed by atoms with Crippen molar-refractivity contribution >= 4 is 17.1 Å². The molecule has 9 heteroatoms. The van der Waals surface area contributed by atoms with Crippen LogP contribution in [0.5, 0.6) is 5.75 Å². The minimum atomic E-state index is -0.688. The van der Waals surface area contributed by atoms with Crippen LogP contribution in [0.15, 0.2) is 40.2 Å². The number of hydrogen-bond donors (Lipinski definition) is 0. The summed E-state index contributed by atoms with van der Waals surface area (Å²) in [7, 11) is 3.14. The lowest BCUT2D eigenvalue weighted by Gasteiger charge is -2.10. The molecule has 0 fully saturated rings. The standard InChI is InChI=1S/C19H22N4O5/c1-4-13-6-5-7-14(10-13)27-8-9-28-15(24)11-23-18(25)16-17(20-12-21(16)2)22(3)19(23)26/h5-7,10,12H,4,8-9,11H2,1-3H3. The van der Waals surface area contributed by atoms with Gasteiger partial charge >= 0.3 is 11.7 Å². The molecule has 2 aromatic heterocycles. The number of hydrogen-bond acceptors (Lipinski definition) is 6. The van der Waals surface area contributed by atoms with Gasteiger partial charge in [-0.3, -0.25) is 14.2 Å². The van der Waals surface area contributed by atoms with E-state index in [0.717, 1.165) is 16.6 Å². The van der Waals surface area contributed by atoms with E-state index in [0.29, 0.717) is 5.75 Å². The van der Waals surface area contributed by atoms with Gasteiger partial charge in [-0.2, -0.15) is 0 Å². The number of carbonyl (C=O) groups excluding carboxylic acids is 1. The average Bonchev–Trinajstić information content (AvgIpc) is 3.09. The highest BCUT2D eigenvalue weighted by Crippen LogP contribution is 2.13. The SMILES string of the molecule is CCc1cccc(OCCOC(=O)Cn2c(=O)c3c(ncn3C)n(C)c2=O)c1. The molecule has 0 aliphatic carbocycles. The van der Waals surface area contributed by atoms with Crippen LogP contribution in [0.3, 0.4) is 0 Å². The van der Waals surface area contributed by atoms with Gasteiger partial charge in [0.1, 0.15) is 25.5 Å². The maximum atomic E-state index is 12.6. The van der Waals surface area contributed by atoms with Crippen molar-refractivity contribution in [1.29, 1.82) is 0 Å². The Bertz CT molecular complexity index is 1130. The molecular weight excluding hydrogens is 364 g/mol. The molecule has 0 spiro atoms. The van der Waals surface area contributed by atoms with Crippen LogP contribution in [-0.4, -0.2) is 37.9 Å². The van der Waals surface area contributed by atoms with Crippen LogP contribution in [0.25, 0.3) is 11.2 Å². The number of imidazole rings is 1. The Labute approximate surface area is 160 Å². The van der Waals surface area contributed by atoms with Crippen LogP contribution in [-0.2, 0) is 36.6 Å². The highest BCUT2D eigenvalue weighted by molar-refractivity contribution is 5.72. The summed E-state index contributed by atoms with van der Waals surface area (Å²) >= 11 is 0. The molecule has 1 aromatic carbocycles. The van der Waals surface area contributed by atoms with Crippen LogP contribution >= 0.6 is 0 Å². The minimum absolute atomic E-state index is 0.0121. The maximum Gasteiger partial charge on any atom is 0.333 e. The predicted molar refractivity (Wildman–Crippen MR) is 102 cm³/mol. The van der Waals surface area contributed by atoms with Gasteiger partial charge in [0.25, 0.3) is 5.56 Å². The van der Waals surface area contributed by atoms with E-state index in [4.69, 9.17) is 9.47 Å². The van der Waals surface area contributed by atoms with Gasteiger partial charge in [-0.05, 0) is 24.1 Å². The van der Waals surface area contributed by atoms with E-state index in [9.17, 15) is 14.4 Å². The second-order valence-corrected chi connectivity index (χ2v) is 6.33. The smallest absolute Gasteiger partial charge is 0.333 e. The molecule has 0 saturated carbocycles. The first kappa shape index (κ1) is 19.4. The van der Waals surface area contributed by atoms with Gasteiger partial charge in [-0.25, -0.2) is 14.3 Å². The van der Waals surface area contributed by atoms with Crippen molar-refractivity contribution in [2.75, 3.05) is 13.2 Å². The Balaban J connectivity index is 1.63. The molecule has 0 aliphatic rings. The molecular formula is C19H22N4O5. The lowest BCUT2D eigenvalue weighted by atomic mass is 10.2. The lowest BCUT2D eigenvalue weighted by Crippen LogP contribution is -2.41. The Morgan fingerprint density at radius 1 is 1.18 bits per heavy atom. The largest absolute Gasteiger partial charge is 0.490 e. The summed E-state index contributed by atoms with van der Waals surface area (Å²) in [5.74, 6) is 0.00812. The van der Waals surface area contributed by atoms with E-state index in [1.165, 1.54) is 22.5 Å². The topological polar surface area (TPSA) is 97.3 Å². The number of rotatable bonds is 7. The van der Waals surface area contributed by atoms with Gasteiger partial charge in [0.15, 0.2) is 11.2 Å². The number of benzene rings is 1. The molecule has 3 aromatic rings. The van der Waals surface area contributed by atoms with E-state index in [1.807, 2.05) is 24.3 Å². The number of esters is 1. The summed E-state index contributed by atoms with van der Waals surface area (Å²) in [6.07, 6.45) is 2.34. The Morgan fingerprint density at radius 2 is 1.96 bits per heavy atom. The Hall–Kier alpha value is -3.36. The maximum absolute atomic E-state index is 12.6. The molecule has 0 unspecified atom stereocenters. The Morgan fingerprint density at radius 3 is 2.71 bits per heavy atom. The van der Waals surface area contributed by atoms with Gasteiger partial charge in [-0.1, -0.05) is 19.1 Å². The van der Waals surface area contributed by atoms with E-state index in [1.54, 1.807) is 7.05 Å². The van der Waals surface area contributed by atoms with Crippen LogP contribution in [0, 0.1) is 0 Å². The quantitative estimate of drug-likeness (QED) is 0.436. The average molecular weight is 386 g/mol. The monoisotopic (exact) mass is 386 g/mol. The molecule has 0 saturated heterocycles. The fourth-order valence-corrected chi connectivity index (χ4v) is 2.88. The fourth-order valence-electron chi connectivity index (χ4n) is 2.88. The second-order valence-electron chi connectivity index (χ2n) is 6.33. The molecule has 0 atom stereocenters. The van der Waals surface area contributed by atoms with Crippen molar-refractivity contribution in [2.45, 2.75) is 19.9 Å². The predicted octanol–water partition coefficient (Wildman–Crippen LogP) is 0.618. The summed E-state index contributed by atoms with van der Waals surface area (Å²) < 4.78 is 14.2. The number of aromatic nitrogens is 4. The summed E-state index contributed by atoms with van der Waals surface area (Å²) in [5, 5.41) is 0. The highest BCUT2D eigenvalue weighted by atomic mass is 16.6. The van der Waals surface area contributed by atoms with Crippen LogP contribution in [0.4, 0.5) is 0 Å². The molecule has 0 N–H and O–H groups in total. The van der Waals surface area contributed by atoms with Crippen molar-refractivity contribution in [2.24, 2.45) is 14.1 Å². The zero-order valence-corrected chi connectivity index (χ0v) is 16.0. The molecule has 0 bridgehead atoms. The third-order valence-corrected chi connectivity index (χ3v) is 4.41. The molecule has 0 radical (unpaired) electrons. The van der Waals surface area contributed by atoms with Crippen LogP contribution < -0.4 is 16.0 Å². The number of ether oxygens (including phenoxy) is 2. The molecule has 3 rings (SSSR count). The zero-order chi connectivity index (χ0) is 20.3. The van der Waals surface area contributed by atoms with Gasteiger partial charge in [0.2, 0.25) is 0 Å². The van der Waals surface area contributed by atoms with Crippen LogP contribution in [0.2, 0.25) is 0 Å². The van der Waals surface area contributed by atoms with Crippen molar-refractivity contribution in [3.8, 4) is 5.75 Å². The molecule has 0 aliphatic heterocycles. The minimum Gasteiger partial charge on any atom is -0.490 e. The van der Waals surface area contributed by atoms with E-state index >= 15 is 0 Å². The third-order valence-electron chi connectivity index (χ3n) is 4.41. The number of fused-ring (bicyclic) bond motifs is 1. The fraction of sp³-hybridized carbons (Fsp3) is 0.368. The van der Waals surface area contributed by atoms with Crippen molar-refractivity contribution in [3.05, 3.63) is 57.0 Å². The molecule has 9 nitrogen and oxygen atoms in total. The first-order chi connectivity index (χ1) is 13.4. The van der Waals surface area contributed by atoms with Gasteiger partial charge in [-0.15, -0.1) is 0 Å². The van der Waals surface area contributed by atoms with E-state index in [2.05, 4.69) is 11.9 Å². The first-order valence-corrected chi connectivity index (χ1v) is 8.90. The summed E-state index contributed by atoms with van der Waals surface area (Å²) in [6, 6.07) is 7.66. The summed E-state index contributed by atoms with van der Waals surface area (Å²) in [5.41, 5.74) is 0.456. The first-order valence-electron chi connectivity index (χ1n) is 8.90. The zero-order valence-electron chi connectivity index (χ0n) is 16.0. The molecule has 28 heavy (non-hydrogen) atoms. The van der Waals surface area contributed by atoms with Gasteiger partial charge in [0.05, 0.1) is 6.33 Å². The van der Waals surface area contributed by atoms with Crippen LogP contribution in [0.1, 0.15) is 12.5 Å². The molecule has 0 amide bonds. The van der Waals surface area contributed by atoms with E-state index in [-0.39, 0.29) is 24.4 Å². The number of carbonyl (C=O) groups is 1. The van der Waals surface area contributed by atoms with Gasteiger partial charge in [0, 0.05) is 14.1 Å². The lowest BCUT2D eigenvalue weighted by molar-refractivity contribution is -0.145. The highest BCUT2D eigenvalue weighted by Gasteiger charge is 2.17. The summed E-state index contributed by atoms with van der Waals surface area (Å²) in [6.45, 7) is 1.76. The van der Waals surface area contributed by atoms with Crippen molar-refractivity contribution in [1.82, 2.24) is 18.7 Å². The normalized spacial score (nSPS) is 11.0. The molecule has 2 heterocycles. The number of nitrogens with zero attached hydrogens (tertiary/aromatic N) is 4. The van der Waals surface area contributed by atoms with Gasteiger partial charge < -0.3 is 14.0 Å². The second kappa shape index (κ2) is 8.12.